The number of aliphatic hydroxyl groups excluding tert-OH is 1. The van der Waals surface area contributed by atoms with E-state index in [1.807, 2.05) is 0 Å². The van der Waals surface area contributed by atoms with Gasteiger partial charge in [-0.1, -0.05) is 0 Å². The number of hydrogen-bond acceptors (Lipinski definition) is 5. The zero-order valence-corrected chi connectivity index (χ0v) is 7.04. The first kappa shape index (κ1) is 10.4. The highest BCUT2D eigenvalue weighted by molar-refractivity contribution is 6.13. The second-order valence-electron chi connectivity index (χ2n) is 2.53. The van der Waals surface area contributed by atoms with Crippen LogP contribution >= 0.6 is 0 Å². The molecule has 0 unspecified atom stereocenters. The molecule has 1 heterocycles. The van der Waals surface area contributed by atoms with Crippen molar-refractivity contribution in [2.24, 2.45) is 0 Å². The molecule has 2 atom stereocenters. The van der Waals surface area contributed by atoms with Crippen molar-refractivity contribution >= 4 is 17.9 Å². The van der Waals surface area contributed by atoms with Crippen LogP contribution in [0.5, 0.6) is 0 Å². The number of ether oxygens (including phenoxy) is 1. The average Bonchev–Trinajstić information content (AvgIpc) is 2.12. The standard InChI is InChI=1S/C6H7FN2O5/c1-14-4(12)6(7)2(10)8-5(13)9-3(6)11/h2,10H,1H3,(H2,8,9,11,13)/t2-,6-/m1/s1. The van der Waals surface area contributed by atoms with Gasteiger partial charge in [0.2, 0.25) is 0 Å². The minimum Gasteiger partial charge on any atom is -0.466 e. The van der Waals surface area contributed by atoms with E-state index in [4.69, 9.17) is 5.11 Å². The molecule has 0 aliphatic carbocycles. The van der Waals surface area contributed by atoms with Crippen LogP contribution in [0.3, 0.4) is 0 Å². The molecule has 3 N–H and O–H groups in total. The van der Waals surface area contributed by atoms with E-state index in [1.165, 1.54) is 5.32 Å². The van der Waals surface area contributed by atoms with Gasteiger partial charge in [-0.3, -0.25) is 10.1 Å². The van der Waals surface area contributed by atoms with Gasteiger partial charge >= 0.3 is 17.7 Å². The lowest BCUT2D eigenvalue weighted by molar-refractivity contribution is -0.172. The number of imide groups is 1. The van der Waals surface area contributed by atoms with Crippen molar-refractivity contribution in [1.82, 2.24) is 10.6 Å². The normalized spacial score (nSPS) is 31.8. The molecule has 0 saturated carbocycles. The Morgan fingerprint density at radius 3 is 2.64 bits per heavy atom. The summed E-state index contributed by atoms with van der Waals surface area (Å²) in [6.07, 6.45) is -2.25. The third-order valence-electron chi connectivity index (χ3n) is 1.68. The number of esters is 1. The lowest BCUT2D eigenvalue weighted by Gasteiger charge is -2.30. The van der Waals surface area contributed by atoms with Gasteiger partial charge in [-0.2, -0.15) is 0 Å². The van der Waals surface area contributed by atoms with Crippen molar-refractivity contribution in [1.29, 1.82) is 0 Å². The number of carbonyl (C=O) groups is 3. The fraction of sp³-hybridized carbons (Fsp3) is 0.500. The molecule has 14 heavy (non-hydrogen) atoms. The molecule has 3 amide bonds. The maximum absolute atomic E-state index is 13.6. The Hall–Kier alpha value is -1.70. The average molecular weight is 206 g/mol. The predicted octanol–water partition coefficient (Wildman–Crippen LogP) is -1.97. The minimum atomic E-state index is -3.30. The van der Waals surface area contributed by atoms with Crippen LogP contribution < -0.4 is 10.6 Å². The highest BCUT2D eigenvalue weighted by Gasteiger charge is 2.58. The number of methoxy groups -OCH3 is 1. The molecule has 0 bridgehead atoms. The number of halogens is 1. The number of nitrogens with one attached hydrogen (secondary N) is 2. The monoisotopic (exact) mass is 206 g/mol. The Labute approximate surface area is 77.2 Å². The van der Waals surface area contributed by atoms with Gasteiger partial charge in [0.15, 0.2) is 6.23 Å². The maximum Gasteiger partial charge on any atom is 0.358 e. The second-order valence-corrected chi connectivity index (χ2v) is 2.53. The molecule has 78 valence electrons. The summed E-state index contributed by atoms with van der Waals surface area (Å²) in [4.78, 5) is 32.3. The molecule has 1 fully saturated rings. The molecule has 0 spiro atoms. The Bertz CT molecular complexity index is 307. The van der Waals surface area contributed by atoms with Gasteiger partial charge in [-0.25, -0.2) is 14.0 Å². The molecule has 7 nitrogen and oxygen atoms in total. The van der Waals surface area contributed by atoms with Crippen LogP contribution in [0.4, 0.5) is 9.18 Å². The van der Waals surface area contributed by atoms with Crippen molar-refractivity contribution in [2.75, 3.05) is 7.11 Å². The van der Waals surface area contributed by atoms with E-state index < -0.39 is 29.8 Å². The zero-order chi connectivity index (χ0) is 10.9. The highest BCUT2D eigenvalue weighted by atomic mass is 19.1. The van der Waals surface area contributed by atoms with E-state index in [0.717, 1.165) is 7.11 Å². The summed E-state index contributed by atoms with van der Waals surface area (Å²) in [6, 6.07) is -1.08. The summed E-state index contributed by atoms with van der Waals surface area (Å²) in [6.45, 7) is 0. The summed E-state index contributed by atoms with van der Waals surface area (Å²) in [5.74, 6) is -3.14. The van der Waals surface area contributed by atoms with Crippen molar-refractivity contribution in [3.63, 3.8) is 0 Å². The molecule has 0 aromatic carbocycles. The van der Waals surface area contributed by atoms with Crippen LogP contribution in [0.1, 0.15) is 0 Å². The topological polar surface area (TPSA) is 105 Å². The molecule has 1 saturated heterocycles. The van der Waals surface area contributed by atoms with Crippen LogP contribution in [0, 0.1) is 0 Å². The van der Waals surface area contributed by atoms with Gasteiger partial charge < -0.3 is 15.2 Å². The van der Waals surface area contributed by atoms with Crippen LogP contribution in [-0.4, -0.2) is 42.0 Å². The van der Waals surface area contributed by atoms with Gasteiger partial charge in [0.1, 0.15) is 0 Å². The summed E-state index contributed by atoms with van der Waals surface area (Å²) in [7, 11) is 0.847. The molecule has 1 aliphatic heterocycles. The van der Waals surface area contributed by atoms with Crippen molar-refractivity contribution in [3.8, 4) is 0 Å². The molecule has 0 aromatic rings. The van der Waals surface area contributed by atoms with Crippen LogP contribution in [0.2, 0.25) is 0 Å². The lowest BCUT2D eigenvalue weighted by Crippen LogP contribution is -2.70. The first-order chi connectivity index (χ1) is 6.42. The minimum absolute atomic E-state index is 0.847. The van der Waals surface area contributed by atoms with E-state index >= 15 is 0 Å². The molecular formula is C6H7FN2O5. The third-order valence-corrected chi connectivity index (χ3v) is 1.68. The number of alkyl halides is 1. The van der Waals surface area contributed by atoms with Gasteiger partial charge in [-0.15, -0.1) is 0 Å². The fourth-order valence-corrected chi connectivity index (χ4v) is 0.931. The van der Waals surface area contributed by atoms with Crippen molar-refractivity contribution in [2.45, 2.75) is 11.9 Å². The molecule has 1 aliphatic rings. The summed E-state index contributed by atoms with van der Waals surface area (Å²) in [5.41, 5.74) is -3.30. The summed E-state index contributed by atoms with van der Waals surface area (Å²) in [5, 5.41) is 12.1. The third kappa shape index (κ3) is 1.29. The maximum atomic E-state index is 13.6. The SMILES string of the molecule is COC(=O)[C@]1(F)C(=O)NC(=O)N[C@@H]1O. The van der Waals surface area contributed by atoms with E-state index in [2.05, 4.69) is 4.74 Å². The van der Waals surface area contributed by atoms with Crippen LogP contribution in [0.25, 0.3) is 0 Å². The van der Waals surface area contributed by atoms with E-state index in [9.17, 15) is 18.8 Å². The molecule has 0 radical (unpaired) electrons. The summed E-state index contributed by atoms with van der Waals surface area (Å²) >= 11 is 0. The number of carbonyl (C=O) groups excluding carboxylic acids is 3. The van der Waals surface area contributed by atoms with Crippen molar-refractivity contribution in [3.05, 3.63) is 0 Å². The number of hydrogen-bond donors (Lipinski definition) is 3. The molecule has 0 aromatic heterocycles. The zero-order valence-electron chi connectivity index (χ0n) is 7.04. The number of rotatable bonds is 1. The molecule has 8 heteroatoms. The highest BCUT2D eigenvalue weighted by Crippen LogP contribution is 2.20. The first-order valence-electron chi connectivity index (χ1n) is 3.50. The first-order valence-corrected chi connectivity index (χ1v) is 3.50. The number of urea groups is 1. The molecule has 1 rings (SSSR count). The molecular weight excluding hydrogens is 199 g/mol. The van der Waals surface area contributed by atoms with Gasteiger partial charge in [-0.05, 0) is 0 Å². The number of aliphatic hydroxyl groups is 1. The van der Waals surface area contributed by atoms with Gasteiger partial charge in [0.25, 0.3) is 5.91 Å². The Morgan fingerprint density at radius 1 is 1.64 bits per heavy atom. The fourth-order valence-electron chi connectivity index (χ4n) is 0.931. The smallest absolute Gasteiger partial charge is 0.358 e. The second kappa shape index (κ2) is 3.22. The van der Waals surface area contributed by atoms with E-state index in [1.54, 1.807) is 5.32 Å². The lowest BCUT2D eigenvalue weighted by atomic mass is 10.0. The van der Waals surface area contributed by atoms with Gasteiger partial charge in [0.05, 0.1) is 7.11 Å². The Kier molecular flexibility index (Phi) is 2.39. The predicted molar refractivity (Wildman–Crippen MR) is 38.5 cm³/mol. The quantitative estimate of drug-likeness (QED) is 0.341. The summed E-state index contributed by atoms with van der Waals surface area (Å²) < 4.78 is 17.6. The number of amides is 3. The van der Waals surface area contributed by atoms with E-state index in [-0.39, 0.29) is 0 Å². The van der Waals surface area contributed by atoms with E-state index in [0.29, 0.717) is 0 Å². The Morgan fingerprint density at radius 2 is 2.21 bits per heavy atom. The van der Waals surface area contributed by atoms with Crippen molar-refractivity contribution < 1.29 is 28.6 Å². The Balaban J connectivity index is 3.01. The van der Waals surface area contributed by atoms with Gasteiger partial charge in [0, 0.05) is 0 Å². The van der Waals surface area contributed by atoms with Crippen LogP contribution in [-0.2, 0) is 14.3 Å². The van der Waals surface area contributed by atoms with Crippen LogP contribution in [0.15, 0.2) is 0 Å². The largest absolute Gasteiger partial charge is 0.466 e.